The Balaban J connectivity index is 0.00000324. The van der Waals surface area contributed by atoms with Crippen molar-refractivity contribution in [3.63, 3.8) is 0 Å². The summed E-state index contributed by atoms with van der Waals surface area (Å²) in [6, 6.07) is -0.238. The zero-order valence-corrected chi connectivity index (χ0v) is 12.4. The summed E-state index contributed by atoms with van der Waals surface area (Å²) in [7, 11) is 0. The first-order valence-electron chi connectivity index (χ1n) is 6.41. The van der Waals surface area contributed by atoms with Gasteiger partial charge in [-0.1, -0.05) is 19.9 Å². The first-order valence-corrected chi connectivity index (χ1v) is 6.41. The predicted octanol–water partition coefficient (Wildman–Crippen LogP) is 0.685. The van der Waals surface area contributed by atoms with Crippen LogP contribution >= 0.6 is 12.4 Å². The quantitative estimate of drug-likeness (QED) is 0.677. The van der Waals surface area contributed by atoms with Gasteiger partial charge in [0.25, 0.3) is 0 Å². The van der Waals surface area contributed by atoms with Crippen molar-refractivity contribution in [1.82, 2.24) is 10.2 Å². The molecular weight excluding hydrogens is 266 g/mol. The first-order chi connectivity index (χ1) is 8.47. The lowest BCUT2D eigenvalue weighted by Gasteiger charge is -2.22. The normalized spacial score (nSPS) is 15.4. The van der Waals surface area contributed by atoms with Crippen LogP contribution in [0.5, 0.6) is 0 Å². The standard InChI is InChI=1S/C13H23N3O2.ClH/c1-4-7-16(10-5-6-10)11(17)8-15-13(18)12(14)9(2)3;/h4,9-10,12H,1,5-8,14H2,2-3H3,(H,15,18);1H/t12-;/m0./s1. The van der Waals surface area contributed by atoms with Crippen LogP contribution in [0.3, 0.4) is 0 Å². The van der Waals surface area contributed by atoms with E-state index in [1.54, 1.807) is 11.0 Å². The van der Waals surface area contributed by atoms with Gasteiger partial charge in [-0.15, -0.1) is 19.0 Å². The number of carbonyl (C=O) groups excluding carboxylic acids is 2. The summed E-state index contributed by atoms with van der Waals surface area (Å²) in [5.74, 6) is -0.276. The van der Waals surface area contributed by atoms with Crippen molar-refractivity contribution in [2.75, 3.05) is 13.1 Å². The van der Waals surface area contributed by atoms with E-state index in [9.17, 15) is 9.59 Å². The van der Waals surface area contributed by atoms with E-state index in [2.05, 4.69) is 11.9 Å². The van der Waals surface area contributed by atoms with Crippen LogP contribution in [-0.2, 0) is 9.59 Å². The minimum Gasteiger partial charge on any atom is -0.346 e. The van der Waals surface area contributed by atoms with E-state index in [1.807, 2.05) is 13.8 Å². The van der Waals surface area contributed by atoms with Gasteiger partial charge >= 0.3 is 0 Å². The molecule has 0 radical (unpaired) electrons. The molecule has 110 valence electrons. The third-order valence-electron chi connectivity index (χ3n) is 3.07. The molecule has 3 N–H and O–H groups in total. The Morgan fingerprint density at radius 1 is 1.47 bits per heavy atom. The van der Waals surface area contributed by atoms with Crippen molar-refractivity contribution in [2.24, 2.45) is 11.7 Å². The third kappa shape index (κ3) is 5.61. The topological polar surface area (TPSA) is 75.4 Å². The molecule has 1 fully saturated rings. The highest BCUT2D eigenvalue weighted by Crippen LogP contribution is 2.26. The second-order valence-electron chi connectivity index (χ2n) is 5.05. The molecular formula is C13H24ClN3O2. The molecule has 0 saturated heterocycles. The molecule has 1 rings (SSSR count). The molecule has 2 amide bonds. The fourth-order valence-electron chi connectivity index (χ4n) is 1.66. The van der Waals surface area contributed by atoms with Gasteiger partial charge in [-0.2, -0.15) is 0 Å². The van der Waals surface area contributed by atoms with Crippen LogP contribution in [0.15, 0.2) is 12.7 Å². The number of hydrogen-bond donors (Lipinski definition) is 2. The van der Waals surface area contributed by atoms with Gasteiger partial charge in [-0.25, -0.2) is 0 Å². The highest BCUT2D eigenvalue weighted by Gasteiger charge is 2.31. The SMILES string of the molecule is C=CCN(C(=O)CNC(=O)[C@@H](N)C(C)C)C1CC1.Cl. The Kier molecular flexibility index (Phi) is 7.71. The second-order valence-corrected chi connectivity index (χ2v) is 5.05. The lowest BCUT2D eigenvalue weighted by atomic mass is 10.1. The lowest BCUT2D eigenvalue weighted by Crippen LogP contribution is -2.48. The van der Waals surface area contributed by atoms with Crippen LogP contribution in [0, 0.1) is 5.92 Å². The molecule has 1 aliphatic rings. The maximum Gasteiger partial charge on any atom is 0.242 e. The van der Waals surface area contributed by atoms with E-state index in [4.69, 9.17) is 5.73 Å². The van der Waals surface area contributed by atoms with E-state index in [1.165, 1.54) is 0 Å². The Hall–Kier alpha value is -1.07. The Morgan fingerprint density at radius 2 is 2.05 bits per heavy atom. The van der Waals surface area contributed by atoms with Crippen molar-refractivity contribution in [1.29, 1.82) is 0 Å². The third-order valence-corrected chi connectivity index (χ3v) is 3.07. The van der Waals surface area contributed by atoms with Gasteiger partial charge in [-0.05, 0) is 18.8 Å². The number of rotatable bonds is 7. The summed E-state index contributed by atoms with van der Waals surface area (Å²) in [5.41, 5.74) is 5.70. The molecule has 6 heteroatoms. The van der Waals surface area contributed by atoms with Gasteiger partial charge in [-0.3, -0.25) is 9.59 Å². The second kappa shape index (κ2) is 8.17. The maximum absolute atomic E-state index is 11.9. The number of amides is 2. The fourth-order valence-corrected chi connectivity index (χ4v) is 1.66. The molecule has 0 heterocycles. The largest absolute Gasteiger partial charge is 0.346 e. The molecule has 0 aromatic rings. The van der Waals surface area contributed by atoms with E-state index < -0.39 is 6.04 Å². The summed E-state index contributed by atoms with van der Waals surface area (Å²) in [6.07, 6.45) is 3.79. The predicted molar refractivity (Wildman–Crippen MR) is 78.0 cm³/mol. The highest BCUT2D eigenvalue weighted by molar-refractivity contribution is 5.87. The van der Waals surface area contributed by atoms with Gasteiger partial charge in [0.2, 0.25) is 11.8 Å². The number of nitrogens with zero attached hydrogens (tertiary/aromatic N) is 1. The molecule has 0 unspecified atom stereocenters. The monoisotopic (exact) mass is 289 g/mol. The molecule has 5 nitrogen and oxygen atoms in total. The smallest absolute Gasteiger partial charge is 0.242 e. The summed E-state index contributed by atoms with van der Waals surface area (Å²) in [5, 5.41) is 2.60. The maximum atomic E-state index is 11.9. The van der Waals surface area contributed by atoms with Gasteiger partial charge in [0.05, 0.1) is 12.6 Å². The minimum absolute atomic E-state index is 0. The Bertz CT molecular complexity index is 330. The first kappa shape index (κ1) is 17.9. The average molecular weight is 290 g/mol. The van der Waals surface area contributed by atoms with Crippen LogP contribution in [0.4, 0.5) is 0 Å². The molecule has 0 aromatic heterocycles. The van der Waals surface area contributed by atoms with E-state index >= 15 is 0 Å². The van der Waals surface area contributed by atoms with Crippen molar-refractivity contribution in [3.8, 4) is 0 Å². The molecule has 19 heavy (non-hydrogen) atoms. The van der Waals surface area contributed by atoms with Crippen molar-refractivity contribution in [3.05, 3.63) is 12.7 Å². The number of carbonyl (C=O) groups is 2. The molecule has 0 bridgehead atoms. The van der Waals surface area contributed by atoms with Crippen molar-refractivity contribution < 1.29 is 9.59 Å². The number of nitrogens with two attached hydrogens (primary N) is 1. The van der Waals surface area contributed by atoms with Crippen LogP contribution < -0.4 is 11.1 Å². The van der Waals surface area contributed by atoms with Crippen molar-refractivity contribution in [2.45, 2.75) is 38.8 Å². The van der Waals surface area contributed by atoms with E-state index in [-0.39, 0.29) is 36.7 Å². The number of halogens is 1. The van der Waals surface area contributed by atoms with Crippen LogP contribution in [0.2, 0.25) is 0 Å². The fraction of sp³-hybridized carbons (Fsp3) is 0.692. The van der Waals surface area contributed by atoms with Gasteiger partial charge in [0.1, 0.15) is 0 Å². The van der Waals surface area contributed by atoms with Crippen molar-refractivity contribution >= 4 is 24.2 Å². The summed E-state index contributed by atoms with van der Waals surface area (Å²) < 4.78 is 0. The molecule has 0 aromatic carbocycles. The summed E-state index contributed by atoms with van der Waals surface area (Å²) in [6.45, 7) is 7.94. The average Bonchev–Trinajstić information content (AvgIpc) is 3.15. The zero-order chi connectivity index (χ0) is 13.7. The number of hydrogen-bond acceptors (Lipinski definition) is 3. The molecule has 0 aliphatic heterocycles. The summed E-state index contributed by atoms with van der Waals surface area (Å²) in [4.78, 5) is 25.3. The minimum atomic E-state index is -0.563. The number of nitrogens with one attached hydrogen (secondary N) is 1. The van der Waals surface area contributed by atoms with Gasteiger partial charge in [0, 0.05) is 12.6 Å². The highest BCUT2D eigenvalue weighted by atomic mass is 35.5. The van der Waals surface area contributed by atoms with Crippen LogP contribution in [0.1, 0.15) is 26.7 Å². The Morgan fingerprint density at radius 3 is 2.47 bits per heavy atom. The van der Waals surface area contributed by atoms with E-state index in [0.29, 0.717) is 12.6 Å². The van der Waals surface area contributed by atoms with Gasteiger partial charge in [0.15, 0.2) is 0 Å². The molecule has 1 saturated carbocycles. The Labute approximate surface area is 121 Å². The van der Waals surface area contributed by atoms with Gasteiger partial charge < -0.3 is 16.0 Å². The summed E-state index contributed by atoms with van der Waals surface area (Å²) >= 11 is 0. The lowest BCUT2D eigenvalue weighted by molar-refractivity contribution is -0.133. The molecule has 1 atom stereocenters. The van der Waals surface area contributed by atoms with Crippen LogP contribution in [-0.4, -0.2) is 41.9 Å². The van der Waals surface area contributed by atoms with Crippen LogP contribution in [0.25, 0.3) is 0 Å². The molecule has 1 aliphatic carbocycles. The zero-order valence-electron chi connectivity index (χ0n) is 11.6. The van der Waals surface area contributed by atoms with E-state index in [0.717, 1.165) is 12.8 Å². The molecule has 0 spiro atoms.